The lowest BCUT2D eigenvalue weighted by Gasteiger charge is -2.16. The third-order valence-electron chi connectivity index (χ3n) is 3.43. The van der Waals surface area contributed by atoms with Crippen LogP contribution in [0, 0.1) is 11.8 Å². The van der Waals surface area contributed by atoms with Crippen molar-refractivity contribution < 1.29 is 0 Å². The summed E-state index contributed by atoms with van der Waals surface area (Å²) in [5.74, 6) is 1.66. The summed E-state index contributed by atoms with van der Waals surface area (Å²) in [6, 6.07) is 0.470. The van der Waals surface area contributed by atoms with Gasteiger partial charge >= 0.3 is 0 Å². The number of hydrogen-bond donors (Lipinski definition) is 2. The molecule has 0 aromatic rings. The quantitative estimate of drug-likeness (QED) is 0.592. The molecule has 3 nitrogen and oxygen atoms in total. The Kier molecular flexibility index (Phi) is 2.35. The SMILES string of the molecule is NCCN1CC2CCC(N)C2C1. The van der Waals surface area contributed by atoms with Crippen molar-refractivity contribution in [2.45, 2.75) is 18.9 Å². The summed E-state index contributed by atoms with van der Waals surface area (Å²) in [4.78, 5) is 2.47. The molecular formula is C9H19N3. The second-order valence-electron chi connectivity index (χ2n) is 4.21. The molecule has 2 aliphatic rings. The number of nitrogens with zero attached hydrogens (tertiary/aromatic N) is 1. The van der Waals surface area contributed by atoms with Crippen LogP contribution in [-0.2, 0) is 0 Å². The van der Waals surface area contributed by atoms with Crippen LogP contribution in [0.4, 0.5) is 0 Å². The van der Waals surface area contributed by atoms with Crippen LogP contribution < -0.4 is 11.5 Å². The van der Waals surface area contributed by atoms with Gasteiger partial charge in [-0.1, -0.05) is 0 Å². The lowest BCUT2D eigenvalue weighted by molar-refractivity contribution is 0.314. The topological polar surface area (TPSA) is 55.3 Å². The van der Waals surface area contributed by atoms with Crippen molar-refractivity contribution in [2.75, 3.05) is 26.2 Å². The summed E-state index contributed by atoms with van der Waals surface area (Å²) in [6.07, 6.45) is 2.58. The maximum Gasteiger partial charge on any atom is 0.0105 e. The van der Waals surface area contributed by atoms with Crippen LogP contribution in [0.1, 0.15) is 12.8 Å². The number of fused-ring (bicyclic) bond motifs is 1. The molecule has 0 aromatic carbocycles. The maximum atomic E-state index is 6.02. The fourth-order valence-corrected chi connectivity index (χ4v) is 2.76. The van der Waals surface area contributed by atoms with Gasteiger partial charge < -0.3 is 16.4 Å². The number of nitrogens with two attached hydrogens (primary N) is 2. The highest BCUT2D eigenvalue weighted by molar-refractivity contribution is 4.95. The second kappa shape index (κ2) is 3.32. The zero-order valence-electron chi connectivity index (χ0n) is 7.58. The van der Waals surface area contributed by atoms with Gasteiger partial charge in [0.25, 0.3) is 0 Å². The summed E-state index contributed by atoms with van der Waals surface area (Å²) in [6.45, 7) is 4.28. The second-order valence-corrected chi connectivity index (χ2v) is 4.21. The molecule has 1 aliphatic heterocycles. The van der Waals surface area contributed by atoms with E-state index in [4.69, 9.17) is 11.5 Å². The zero-order valence-corrected chi connectivity index (χ0v) is 7.58. The fraction of sp³-hybridized carbons (Fsp3) is 1.00. The van der Waals surface area contributed by atoms with Crippen LogP contribution in [0.3, 0.4) is 0 Å². The van der Waals surface area contributed by atoms with E-state index in [0.717, 1.165) is 24.9 Å². The van der Waals surface area contributed by atoms with Crippen LogP contribution in [0.5, 0.6) is 0 Å². The van der Waals surface area contributed by atoms with E-state index in [-0.39, 0.29) is 0 Å². The molecule has 2 rings (SSSR count). The molecule has 1 saturated heterocycles. The van der Waals surface area contributed by atoms with Crippen molar-refractivity contribution in [1.82, 2.24) is 4.90 Å². The Hall–Kier alpha value is -0.120. The van der Waals surface area contributed by atoms with Gasteiger partial charge in [0, 0.05) is 32.2 Å². The van der Waals surface area contributed by atoms with Crippen molar-refractivity contribution in [2.24, 2.45) is 23.3 Å². The Morgan fingerprint density at radius 1 is 1.25 bits per heavy atom. The van der Waals surface area contributed by atoms with E-state index in [2.05, 4.69) is 4.90 Å². The van der Waals surface area contributed by atoms with Gasteiger partial charge in [0.2, 0.25) is 0 Å². The van der Waals surface area contributed by atoms with Gasteiger partial charge in [-0.2, -0.15) is 0 Å². The molecule has 1 aliphatic carbocycles. The first kappa shape index (κ1) is 8.48. The first-order valence-corrected chi connectivity index (χ1v) is 4.99. The molecule has 4 N–H and O–H groups in total. The Balaban J connectivity index is 1.90. The Morgan fingerprint density at radius 3 is 2.75 bits per heavy atom. The minimum absolute atomic E-state index is 0.470. The molecule has 2 fully saturated rings. The Morgan fingerprint density at radius 2 is 2.08 bits per heavy atom. The fourth-order valence-electron chi connectivity index (χ4n) is 2.76. The van der Waals surface area contributed by atoms with E-state index in [1.807, 2.05) is 0 Å². The predicted octanol–water partition coefficient (Wildman–Crippen LogP) is -0.386. The highest BCUT2D eigenvalue weighted by atomic mass is 15.2. The van der Waals surface area contributed by atoms with Gasteiger partial charge in [-0.25, -0.2) is 0 Å². The Bertz CT molecular complexity index is 160. The Labute approximate surface area is 74.1 Å². The molecular weight excluding hydrogens is 150 g/mol. The number of likely N-dealkylation sites (tertiary alicyclic amines) is 1. The zero-order chi connectivity index (χ0) is 8.55. The highest BCUT2D eigenvalue weighted by Crippen LogP contribution is 2.36. The van der Waals surface area contributed by atoms with E-state index < -0.39 is 0 Å². The molecule has 0 spiro atoms. The van der Waals surface area contributed by atoms with Gasteiger partial charge in [0.1, 0.15) is 0 Å². The van der Waals surface area contributed by atoms with E-state index >= 15 is 0 Å². The van der Waals surface area contributed by atoms with Crippen LogP contribution >= 0.6 is 0 Å². The van der Waals surface area contributed by atoms with Crippen LogP contribution in [0.2, 0.25) is 0 Å². The number of hydrogen-bond acceptors (Lipinski definition) is 3. The minimum atomic E-state index is 0.470. The summed E-state index contributed by atoms with van der Waals surface area (Å²) in [5, 5.41) is 0. The smallest absolute Gasteiger partial charge is 0.0105 e. The van der Waals surface area contributed by atoms with Gasteiger partial charge in [-0.15, -0.1) is 0 Å². The summed E-state index contributed by atoms with van der Waals surface area (Å²) < 4.78 is 0. The van der Waals surface area contributed by atoms with E-state index in [1.165, 1.54) is 25.9 Å². The van der Waals surface area contributed by atoms with E-state index in [9.17, 15) is 0 Å². The maximum absolute atomic E-state index is 6.02. The lowest BCUT2D eigenvalue weighted by Crippen LogP contribution is -2.32. The van der Waals surface area contributed by atoms with Gasteiger partial charge in [-0.05, 0) is 24.7 Å². The molecule has 1 saturated carbocycles. The standard InChI is InChI=1S/C9H19N3/c10-3-4-12-5-7-1-2-9(11)8(7)6-12/h7-9H,1-6,10-11H2. The molecule has 3 unspecified atom stereocenters. The molecule has 12 heavy (non-hydrogen) atoms. The van der Waals surface area contributed by atoms with Crippen molar-refractivity contribution in [1.29, 1.82) is 0 Å². The summed E-state index contributed by atoms with van der Waals surface area (Å²) in [5.41, 5.74) is 11.5. The van der Waals surface area contributed by atoms with Gasteiger partial charge in [0.05, 0.1) is 0 Å². The molecule has 3 atom stereocenters. The molecule has 1 heterocycles. The third kappa shape index (κ3) is 1.37. The molecule has 3 heteroatoms. The minimum Gasteiger partial charge on any atom is -0.329 e. The van der Waals surface area contributed by atoms with Gasteiger partial charge in [-0.3, -0.25) is 0 Å². The van der Waals surface area contributed by atoms with Crippen LogP contribution in [0.15, 0.2) is 0 Å². The number of rotatable bonds is 2. The van der Waals surface area contributed by atoms with Crippen LogP contribution in [0.25, 0.3) is 0 Å². The van der Waals surface area contributed by atoms with Crippen molar-refractivity contribution in [3.05, 3.63) is 0 Å². The third-order valence-corrected chi connectivity index (χ3v) is 3.43. The van der Waals surface area contributed by atoms with Gasteiger partial charge in [0.15, 0.2) is 0 Å². The summed E-state index contributed by atoms with van der Waals surface area (Å²) in [7, 11) is 0. The largest absolute Gasteiger partial charge is 0.329 e. The van der Waals surface area contributed by atoms with Crippen molar-refractivity contribution in [3.63, 3.8) is 0 Å². The average molecular weight is 169 g/mol. The van der Waals surface area contributed by atoms with Crippen LogP contribution in [-0.4, -0.2) is 37.1 Å². The molecule has 0 radical (unpaired) electrons. The first-order chi connectivity index (χ1) is 5.81. The molecule has 0 bridgehead atoms. The normalized spacial score (nSPS) is 42.0. The predicted molar refractivity (Wildman–Crippen MR) is 49.7 cm³/mol. The van der Waals surface area contributed by atoms with Crippen molar-refractivity contribution >= 4 is 0 Å². The van der Waals surface area contributed by atoms with E-state index in [0.29, 0.717) is 6.04 Å². The molecule has 0 aromatic heterocycles. The first-order valence-electron chi connectivity index (χ1n) is 4.99. The van der Waals surface area contributed by atoms with E-state index in [1.54, 1.807) is 0 Å². The lowest BCUT2D eigenvalue weighted by atomic mass is 9.98. The highest BCUT2D eigenvalue weighted by Gasteiger charge is 2.40. The summed E-state index contributed by atoms with van der Waals surface area (Å²) >= 11 is 0. The molecule has 70 valence electrons. The molecule has 0 amide bonds. The monoisotopic (exact) mass is 169 g/mol. The van der Waals surface area contributed by atoms with Crippen molar-refractivity contribution in [3.8, 4) is 0 Å². The average Bonchev–Trinajstić information content (AvgIpc) is 2.55.